The Morgan fingerprint density at radius 1 is 1.31 bits per heavy atom. The summed E-state index contributed by atoms with van der Waals surface area (Å²) in [7, 11) is 1.78. The molecule has 1 spiro atoms. The van der Waals surface area contributed by atoms with Crippen LogP contribution >= 0.6 is 0 Å². The number of pyridine rings is 2. The lowest BCUT2D eigenvalue weighted by Crippen LogP contribution is -2.23. The monoisotopic (exact) mass is 427 g/mol. The molecule has 1 saturated carbocycles. The van der Waals surface area contributed by atoms with Crippen LogP contribution < -0.4 is 16.0 Å². The molecule has 4 aromatic rings. The highest BCUT2D eigenvalue weighted by Gasteiger charge is 2.55. The highest BCUT2D eigenvalue weighted by Crippen LogP contribution is 2.54. The number of hydrogen-bond donors (Lipinski definition) is 3. The number of halogens is 1. The van der Waals surface area contributed by atoms with Crippen LogP contribution in [-0.4, -0.2) is 41.1 Å². The zero-order valence-electron chi connectivity index (χ0n) is 17.6. The molecule has 7 nitrogen and oxygen atoms in total. The molecule has 6 rings (SSSR count). The Labute approximate surface area is 184 Å². The largest absolute Gasteiger partial charge is 0.386 e. The van der Waals surface area contributed by atoms with E-state index in [9.17, 15) is 9.65 Å². The van der Waals surface area contributed by atoms with Crippen LogP contribution in [0.1, 0.15) is 18.4 Å². The van der Waals surface area contributed by atoms with Gasteiger partial charge in [-0.25, -0.2) is 9.37 Å². The van der Waals surface area contributed by atoms with E-state index in [4.69, 9.17) is 5.73 Å². The van der Waals surface area contributed by atoms with Gasteiger partial charge in [0.15, 0.2) is 0 Å². The molecule has 0 radical (unpaired) electrons. The lowest BCUT2D eigenvalue weighted by Gasteiger charge is -2.23. The third-order valence-electron chi connectivity index (χ3n) is 7.07. The van der Waals surface area contributed by atoms with E-state index in [1.54, 1.807) is 25.5 Å². The molecule has 160 valence electrons. The standard InChI is InChI=1S/C24H22FN7/c1-28-18-6-15(25)5-16-20-22(32-3-2-24(12-32)7-19(24)27)17(11-30-23(20)31-21(16)18)14-4-13(8-26)9-29-10-14/h4-6,9-11,19,28H,2-3,7,12,27H2,1H3,(H,30,31)/t19-,24?/m1/s1. The number of hydrogen-bond acceptors (Lipinski definition) is 6. The van der Waals surface area contributed by atoms with Gasteiger partial charge in [-0.1, -0.05) is 0 Å². The molecule has 4 heterocycles. The van der Waals surface area contributed by atoms with E-state index in [-0.39, 0.29) is 17.3 Å². The Hall–Kier alpha value is -3.70. The minimum absolute atomic E-state index is 0.160. The van der Waals surface area contributed by atoms with Gasteiger partial charge in [0.05, 0.1) is 27.8 Å². The summed E-state index contributed by atoms with van der Waals surface area (Å²) in [4.78, 5) is 14.7. The Bertz CT molecular complexity index is 1440. The quantitative estimate of drug-likeness (QED) is 0.460. The maximum Gasteiger partial charge on any atom is 0.140 e. The van der Waals surface area contributed by atoms with Crippen LogP contribution in [0, 0.1) is 22.6 Å². The van der Waals surface area contributed by atoms with Gasteiger partial charge in [-0.05, 0) is 31.0 Å². The van der Waals surface area contributed by atoms with Gasteiger partial charge in [-0.3, -0.25) is 4.98 Å². The molecule has 8 heteroatoms. The van der Waals surface area contributed by atoms with E-state index in [0.717, 1.165) is 59.0 Å². The Balaban J connectivity index is 1.66. The van der Waals surface area contributed by atoms with E-state index >= 15 is 0 Å². The SMILES string of the molecule is CNc1cc(F)cc2c1[nH]c1ncc(-c3cncc(C#N)c3)c(N3CCC4(C[C@H]4N)C3)c12. The van der Waals surface area contributed by atoms with Crippen LogP contribution in [0.2, 0.25) is 0 Å². The second-order valence-electron chi connectivity index (χ2n) is 8.91. The molecular formula is C24H22FN7. The first-order valence-corrected chi connectivity index (χ1v) is 10.7. The van der Waals surface area contributed by atoms with Crippen molar-refractivity contribution in [3.63, 3.8) is 0 Å². The number of H-pyrrole nitrogens is 1. The average Bonchev–Trinajstić information content (AvgIpc) is 3.13. The van der Waals surface area contributed by atoms with Crippen LogP contribution in [0.25, 0.3) is 33.1 Å². The number of anilines is 2. The normalized spacial score (nSPS) is 22.1. The number of fused-ring (bicyclic) bond motifs is 3. The van der Waals surface area contributed by atoms with Gasteiger partial charge in [-0.2, -0.15) is 5.26 Å². The molecule has 2 fully saturated rings. The molecule has 1 aliphatic carbocycles. The zero-order valence-corrected chi connectivity index (χ0v) is 17.6. The van der Waals surface area contributed by atoms with Crippen molar-refractivity contribution in [2.45, 2.75) is 18.9 Å². The summed E-state index contributed by atoms with van der Waals surface area (Å²) in [6.07, 6.45) is 7.18. The molecule has 0 amide bonds. The number of aromatic amines is 1. The fourth-order valence-electron chi connectivity index (χ4n) is 5.23. The van der Waals surface area contributed by atoms with Crippen molar-refractivity contribution in [1.82, 2.24) is 15.0 Å². The van der Waals surface area contributed by atoms with Gasteiger partial charge < -0.3 is 20.9 Å². The van der Waals surface area contributed by atoms with Crippen LogP contribution in [0.4, 0.5) is 15.8 Å². The fourth-order valence-corrected chi connectivity index (χ4v) is 5.23. The molecule has 4 N–H and O–H groups in total. The average molecular weight is 427 g/mol. The van der Waals surface area contributed by atoms with Gasteiger partial charge in [0, 0.05) is 66.7 Å². The first kappa shape index (κ1) is 19.0. The second-order valence-corrected chi connectivity index (χ2v) is 8.91. The van der Waals surface area contributed by atoms with Crippen LogP contribution in [0.15, 0.2) is 36.8 Å². The maximum absolute atomic E-state index is 14.6. The number of benzene rings is 1. The van der Waals surface area contributed by atoms with Crippen LogP contribution in [-0.2, 0) is 0 Å². The Morgan fingerprint density at radius 3 is 2.88 bits per heavy atom. The van der Waals surface area contributed by atoms with E-state index in [0.29, 0.717) is 16.9 Å². The number of nitriles is 1. The molecule has 1 unspecified atom stereocenters. The number of nitrogens with two attached hydrogens (primary N) is 1. The fraction of sp³-hybridized carbons (Fsp3) is 0.292. The third kappa shape index (κ3) is 2.68. The van der Waals surface area contributed by atoms with E-state index in [1.165, 1.54) is 6.07 Å². The summed E-state index contributed by atoms with van der Waals surface area (Å²) in [5.41, 5.74) is 11.8. The van der Waals surface area contributed by atoms with Crippen molar-refractivity contribution in [2.24, 2.45) is 11.1 Å². The highest BCUT2D eigenvalue weighted by molar-refractivity contribution is 6.17. The van der Waals surface area contributed by atoms with Gasteiger partial charge in [-0.15, -0.1) is 0 Å². The molecule has 1 aliphatic heterocycles. The molecule has 1 saturated heterocycles. The number of nitrogens with one attached hydrogen (secondary N) is 2. The van der Waals surface area contributed by atoms with Crippen molar-refractivity contribution in [1.29, 1.82) is 5.26 Å². The molecule has 0 bridgehead atoms. The Kier molecular flexibility index (Phi) is 3.95. The summed E-state index contributed by atoms with van der Waals surface area (Å²) in [6, 6.07) is 7.25. The van der Waals surface area contributed by atoms with Crippen molar-refractivity contribution in [3.05, 3.63) is 48.2 Å². The van der Waals surface area contributed by atoms with E-state index in [1.807, 2.05) is 12.3 Å². The van der Waals surface area contributed by atoms with E-state index in [2.05, 4.69) is 31.2 Å². The molecule has 1 aromatic carbocycles. The number of rotatable bonds is 3. The zero-order chi connectivity index (χ0) is 22.0. The first-order chi connectivity index (χ1) is 15.5. The lowest BCUT2D eigenvalue weighted by atomic mass is 10.0. The minimum Gasteiger partial charge on any atom is -0.386 e. The lowest BCUT2D eigenvalue weighted by molar-refractivity contribution is 0.553. The number of nitrogens with zero attached hydrogens (tertiary/aromatic N) is 4. The third-order valence-corrected chi connectivity index (χ3v) is 7.07. The smallest absolute Gasteiger partial charge is 0.140 e. The number of aromatic nitrogens is 3. The predicted molar refractivity (Wildman–Crippen MR) is 123 cm³/mol. The van der Waals surface area contributed by atoms with Gasteiger partial charge in [0.1, 0.15) is 17.5 Å². The first-order valence-electron chi connectivity index (χ1n) is 10.7. The summed E-state index contributed by atoms with van der Waals surface area (Å²) in [6.45, 7) is 1.72. The van der Waals surface area contributed by atoms with Crippen molar-refractivity contribution < 1.29 is 4.39 Å². The molecular weight excluding hydrogens is 405 g/mol. The summed E-state index contributed by atoms with van der Waals surface area (Å²) in [5.74, 6) is -0.311. The summed E-state index contributed by atoms with van der Waals surface area (Å²) < 4.78 is 14.6. The molecule has 2 aliphatic rings. The minimum atomic E-state index is -0.311. The molecule has 2 atom stereocenters. The Morgan fingerprint density at radius 2 is 2.16 bits per heavy atom. The molecule has 3 aromatic heterocycles. The van der Waals surface area contributed by atoms with Gasteiger partial charge in [0.2, 0.25) is 0 Å². The summed E-state index contributed by atoms with van der Waals surface area (Å²) in [5, 5.41) is 14.1. The second kappa shape index (κ2) is 6.65. The van der Waals surface area contributed by atoms with Crippen LogP contribution in [0.3, 0.4) is 0 Å². The topological polar surface area (TPSA) is 107 Å². The molecule has 32 heavy (non-hydrogen) atoms. The summed E-state index contributed by atoms with van der Waals surface area (Å²) >= 11 is 0. The van der Waals surface area contributed by atoms with E-state index < -0.39 is 0 Å². The highest BCUT2D eigenvalue weighted by atomic mass is 19.1. The van der Waals surface area contributed by atoms with Crippen molar-refractivity contribution in [3.8, 4) is 17.2 Å². The maximum atomic E-state index is 14.6. The van der Waals surface area contributed by atoms with Crippen LogP contribution in [0.5, 0.6) is 0 Å². The van der Waals surface area contributed by atoms with Gasteiger partial charge >= 0.3 is 0 Å². The van der Waals surface area contributed by atoms with Gasteiger partial charge in [0.25, 0.3) is 0 Å². The van der Waals surface area contributed by atoms with Crippen molar-refractivity contribution >= 4 is 33.3 Å². The predicted octanol–water partition coefficient (Wildman–Crippen LogP) is 3.76. The van der Waals surface area contributed by atoms with Crippen molar-refractivity contribution in [2.75, 3.05) is 30.4 Å².